The van der Waals surface area contributed by atoms with Gasteiger partial charge in [0.2, 0.25) is 5.91 Å². The molecule has 3 N–H and O–H groups in total. The molecule has 8 heteroatoms. The van der Waals surface area contributed by atoms with Gasteiger partial charge in [0.25, 0.3) is 5.91 Å². The smallest absolute Gasteiger partial charge is 0.251 e. The van der Waals surface area contributed by atoms with Crippen LogP contribution in [-0.4, -0.2) is 41.4 Å². The first-order chi connectivity index (χ1) is 18.5. The van der Waals surface area contributed by atoms with E-state index in [1.807, 2.05) is 18.2 Å². The Morgan fingerprint density at radius 3 is 2.61 bits per heavy atom. The fraction of sp³-hybridized carbons (Fsp3) is 0.500. The molecule has 5 aliphatic rings. The van der Waals surface area contributed by atoms with Crippen molar-refractivity contribution in [1.29, 1.82) is 5.41 Å². The zero-order valence-corrected chi connectivity index (χ0v) is 22.0. The second-order valence-electron chi connectivity index (χ2n) is 11.0. The van der Waals surface area contributed by atoms with E-state index in [0.29, 0.717) is 43.8 Å². The van der Waals surface area contributed by atoms with Crippen molar-refractivity contribution < 1.29 is 19.1 Å². The van der Waals surface area contributed by atoms with Crippen LogP contribution in [0.4, 0.5) is 0 Å². The molecular weight excluding hydrogens is 480 g/mol. The fourth-order valence-corrected chi connectivity index (χ4v) is 6.47. The molecular formula is C30H36N4O4. The minimum absolute atomic E-state index is 0.0352. The highest BCUT2D eigenvalue weighted by molar-refractivity contribution is 6.00. The van der Waals surface area contributed by atoms with Crippen molar-refractivity contribution in [2.45, 2.75) is 82.3 Å². The number of hydrogen-bond donors (Lipinski definition) is 3. The zero-order chi connectivity index (χ0) is 26.3. The lowest BCUT2D eigenvalue weighted by Crippen LogP contribution is -2.63. The minimum atomic E-state index is -0.389. The average Bonchev–Trinajstić information content (AvgIpc) is 2.92. The molecule has 0 spiro atoms. The van der Waals surface area contributed by atoms with Gasteiger partial charge in [-0.25, -0.2) is 0 Å². The molecule has 200 valence electrons. The number of carbonyl (C=O) groups excluding carboxylic acids is 2. The van der Waals surface area contributed by atoms with Crippen LogP contribution in [0.1, 0.15) is 97.4 Å². The van der Waals surface area contributed by atoms with Gasteiger partial charge in [-0.2, -0.15) is 0 Å². The molecule has 0 saturated carbocycles. The van der Waals surface area contributed by atoms with E-state index in [2.05, 4.69) is 29.7 Å². The van der Waals surface area contributed by atoms with Crippen LogP contribution in [0.5, 0.6) is 11.5 Å². The van der Waals surface area contributed by atoms with Gasteiger partial charge in [0.1, 0.15) is 11.5 Å². The van der Waals surface area contributed by atoms with E-state index in [1.165, 1.54) is 5.56 Å². The minimum Gasteiger partial charge on any atom is -0.493 e. The molecule has 8 nitrogen and oxygen atoms in total. The van der Waals surface area contributed by atoms with Crippen LogP contribution in [0.15, 0.2) is 36.4 Å². The fourth-order valence-electron chi connectivity index (χ4n) is 6.47. The summed E-state index contributed by atoms with van der Waals surface area (Å²) >= 11 is 0. The Morgan fingerprint density at radius 1 is 1.00 bits per heavy atom. The van der Waals surface area contributed by atoms with Gasteiger partial charge in [-0.15, -0.1) is 0 Å². The second-order valence-corrected chi connectivity index (χ2v) is 11.0. The first-order valence-electron chi connectivity index (χ1n) is 14.0. The van der Waals surface area contributed by atoms with E-state index in [0.717, 1.165) is 55.4 Å². The van der Waals surface area contributed by atoms with Gasteiger partial charge < -0.3 is 20.1 Å². The topological polar surface area (TPSA) is 104 Å². The molecule has 7 rings (SSSR count). The molecule has 1 fully saturated rings. The van der Waals surface area contributed by atoms with Crippen LogP contribution in [0.25, 0.3) is 0 Å². The predicted molar refractivity (Wildman–Crippen MR) is 144 cm³/mol. The Bertz CT molecular complexity index is 1260. The summed E-state index contributed by atoms with van der Waals surface area (Å²) in [7, 11) is 0. The molecule has 5 aliphatic heterocycles. The normalized spacial score (nSPS) is 27.2. The van der Waals surface area contributed by atoms with E-state index in [4.69, 9.17) is 14.9 Å². The van der Waals surface area contributed by atoms with Crippen LogP contribution in [0.2, 0.25) is 0 Å². The molecule has 2 aromatic rings. The summed E-state index contributed by atoms with van der Waals surface area (Å²) < 4.78 is 11.8. The third-order valence-electron chi connectivity index (χ3n) is 8.69. The number of aryl methyl sites for hydroxylation is 1. The largest absolute Gasteiger partial charge is 0.493 e. The number of nitrogens with zero attached hydrogens (tertiary/aromatic N) is 1. The van der Waals surface area contributed by atoms with Crippen molar-refractivity contribution in [3.05, 3.63) is 58.7 Å². The molecule has 0 radical (unpaired) electrons. The maximum atomic E-state index is 13.6. The Kier molecular flexibility index (Phi) is 6.50. The quantitative estimate of drug-likeness (QED) is 0.506. The molecule has 38 heavy (non-hydrogen) atoms. The first-order valence-corrected chi connectivity index (χ1v) is 14.0. The molecule has 5 heterocycles. The Morgan fingerprint density at radius 2 is 1.79 bits per heavy atom. The summed E-state index contributed by atoms with van der Waals surface area (Å²) in [6.45, 7) is 3.11. The van der Waals surface area contributed by atoms with Crippen molar-refractivity contribution in [3.8, 4) is 11.5 Å². The third-order valence-corrected chi connectivity index (χ3v) is 8.69. The summed E-state index contributed by atoms with van der Waals surface area (Å²) in [5, 5.41) is 15.5. The lowest BCUT2D eigenvalue weighted by molar-refractivity contribution is -0.133. The molecule has 1 saturated heterocycles. The molecule has 0 aromatic heterocycles. The number of carbonyl (C=O) groups is 2. The number of hydrogen-bond acceptors (Lipinski definition) is 5. The van der Waals surface area contributed by atoms with Crippen molar-refractivity contribution in [2.24, 2.45) is 0 Å². The van der Waals surface area contributed by atoms with Gasteiger partial charge in [0.15, 0.2) is 5.96 Å². The van der Waals surface area contributed by atoms with Crippen molar-refractivity contribution in [3.63, 3.8) is 0 Å². The predicted octanol–water partition coefficient (Wildman–Crippen LogP) is 4.79. The summed E-state index contributed by atoms with van der Waals surface area (Å²) in [6.07, 6.45) is 7.35. The molecule has 3 atom stereocenters. The van der Waals surface area contributed by atoms with Crippen LogP contribution >= 0.6 is 0 Å². The highest BCUT2D eigenvalue weighted by Crippen LogP contribution is 2.40. The van der Waals surface area contributed by atoms with Gasteiger partial charge in [-0.1, -0.05) is 31.9 Å². The highest BCUT2D eigenvalue weighted by atomic mass is 16.5. The molecule has 2 aromatic carbocycles. The number of ether oxygens (including phenoxy) is 2. The summed E-state index contributed by atoms with van der Waals surface area (Å²) in [6, 6.07) is 11.3. The number of benzene rings is 2. The van der Waals surface area contributed by atoms with E-state index in [9.17, 15) is 9.59 Å². The maximum Gasteiger partial charge on any atom is 0.251 e. The molecule has 6 bridgehead atoms. The Hall–Kier alpha value is -3.55. The van der Waals surface area contributed by atoms with Gasteiger partial charge in [0.05, 0.1) is 31.7 Å². The molecule has 2 amide bonds. The van der Waals surface area contributed by atoms with Crippen LogP contribution in [0.3, 0.4) is 0 Å². The standard InChI is InChI=1S/C30H36N4O4/c1-2-30-13-5-3-4-6-19-7-9-25-21(16-19)23(11-14-37-25)32-28(36)20-8-10-26-22(17-20)24(12-15-38-26)34(27(35)18-30)29(31)33-30/h7-10,16-17,23-24H,2-6,11-15,18H2,1H3,(H2,31,33)(H,32,36). The number of amides is 2. The number of fused-ring (bicyclic) bond motifs is 7. The highest BCUT2D eigenvalue weighted by Gasteiger charge is 2.44. The Balaban J connectivity index is 1.38. The lowest BCUT2D eigenvalue weighted by Gasteiger charge is -2.46. The molecule has 3 unspecified atom stereocenters. The number of guanidine groups is 1. The molecule has 0 aliphatic carbocycles. The van der Waals surface area contributed by atoms with Gasteiger partial charge in [-0.3, -0.25) is 19.9 Å². The van der Waals surface area contributed by atoms with Crippen LogP contribution in [-0.2, 0) is 11.2 Å². The van der Waals surface area contributed by atoms with Crippen LogP contribution < -0.4 is 20.1 Å². The average molecular weight is 517 g/mol. The van der Waals surface area contributed by atoms with Gasteiger partial charge in [-0.05, 0) is 55.5 Å². The zero-order valence-electron chi connectivity index (χ0n) is 22.0. The lowest BCUT2D eigenvalue weighted by atomic mass is 9.83. The number of nitrogens with one attached hydrogen (secondary N) is 3. The van der Waals surface area contributed by atoms with E-state index >= 15 is 0 Å². The summed E-state index contributed by atoms with van der Waals surface area (Å²) in [5.74, 6) is 1.46. The number of rotatable bonds is 1. The Labute approximate surface area is 223 Å². The van der Waals surface area contributed by atoms with E-state index in [-0.39, 0.29) is 35.4 Å². The van der Waals surface area contributed by atoms with E-state index < -0.39 is 0 Å². The van der Waals surface area contributed by atoms with Gasteiger partial charge in [0, 0.05) is 35.1 Å². The van der Waals surface area contributed by atoms with Crippen molar-refractivity contribution >= 4 is 17.8 Å². The first kappa shape index (κ1) is 24.8. The summed E-state index contributed by atoms with van der Waals surface area (Å²) in [5.41, 5.74) is 3.19. The monoisotopic (exact) mass is 516 g/mol. The third kappa shape index (κ3) is 4.50. The van der Waals surface area contributed by atoms with Gasteiger partial charge >= 0.3 is 0 Å². The van der Waals surface area contributed by atoms with Crippen molar-refractivity contribution in [2.75, 3.05) is 13.2 Å². The van der Waals surface area contributed by atoms with Crippen molar-refractivity contribution in [1.82, 2.24) is 15.5 Å². The summed E-state index contributed by atoms with van der Waals surface area (Å²) in [4.78, 5) is 28.7. The van der Waals surface area contributed by atoms with Crippen LogP contribution in [0, 0.1) is 5.41 Å². The maximum absolute atomic E-state index is 13.6. The van der Waals surface area contributed by atoms with E-state index in [1.54, 1.807) is 11.0 Å². The second kappa shape index (κ2) is 9.97. The SMILES string of the molecule is CCC12CCCCCc3ccc4c(c3)C(CCO4)NC(=O)c3ccc4c(c3)C(CCO4)N(C(=N)N1)C(=O)C2.